The van der Waals surface area contributed by atoms with E-state index in [4.69, 9.17) is 5.73 Å². The van der Waals surface area contributed by atoms with Gasteiger partial charge in [0.25, 0.3) is 0 Å². The summed E-state index contributed by atoms with van der Waals surface area (Å²) >= 11 is 1.39. The Morgan fingerprint density at radius 2 is 2.37 bits per heavy atom. The Bertz CT molecular complexity index is 513. The van der Waals surface area contributed by atoms with Crippen molar-refractivity contribution in [1.82, 2.24) is 9.62 Å². The Hall–Kier alpha value is -0.470. The lowest BCUT2D eigenvalue weighted by molar-refractivity contribution is 0.211. The van der Waals surface area contributed by atoms with E-state index in [1.54, 1.807) is 11.4 Å². The number of nitrogens with two attached hydrogens (primary N) is 1. The molecule has 1 aromatic heterocycles. The summed E-state index contributed by atoms with van der Waals surface area (Å²) in [4.78, 5) is 3.30. The van der Waals surface area contributed by atoms with Crippen LogP contribution in [0.1, 0.15) is 17.7 Å². The third kappa shape index (κ3) is 3.76. The van der Waals surface area contributed by atoms with Gasteiger partial charge >= 0.3 is 0 Å². The highest BCUT2D eigenvalue weighted by molar-refractivity contribution is 7.89. The first-order valence-electron chi connectivity index (χ1n) is 6.47. The molecule has 1 atom stereocenters. The first-order chi connectivity index (χ1) is 9.03. The van der Waals surface area contributed by atoms with Crippen molar-refractivity contribution in [2.75, 3.05) is 26.7 Å². The van der Waals surface area contributed by atoms with Gasteiger partial charge in [0.1, 0.15) is 0 Å². The summed E-state index contributed by atoms with van der Waals surface area (Å²) < 4.78 is 27.2. The second kappa shape index (κ2) is 6.32. The average molecular weight is 303 g/mol. The molecule has 0 spiro atoms. The number of sulfonamides is 1. The second-order valence-corrected chi connectivity index (χ2v) is 7.77. The van der Waals surface area contributed by atoms with E-state index >= 15 is 0 Å². The van der Waals surface area contributed by atoms with Crippen molar-refractivity contribution in [2.24, 2.45) is 11.7 Å². The van der Waals surface area contributed by atoms with E-state index in [0.717, 1.165) is 25.9 Å². The second-order valence-electron chi connectivity index (χ2n) is 5.03. The summed E-state index contributed by atoms with van der Waals surface area (Å²) in [5.74, 6) is 0.397. The fraction of sp³-hybridized carbons (Fsp3) is 0.667. The number of thiophene rings is 1. The maximum atomic E-state index is 12.2. The number of hydrogen-bond acceptors (Lipinski definition) is 5. The van der Waals surface area contributed by atoms with Crippen molar-refractivity contribution in [3.05, 3.63) is 16.3 Å². The molecule has 0 amide bonds. The predicted octanol–water partition coefficient (Wildman–Crippen LogP) is 0.827. The van der Waals surface area contributed by atoms with Crippen LogP contribution in [-0.2, 0) is 16.6 Å². The van der Waals surface area contributed by atoms with Gasteiger partial charge in [-0.25, -0.2) is 13.1 Å². The molecule has 0 aromatic carbocycles. The minimum atomic E-state index is -3.41. The van der Waals surface area contributed by atoms with Gasteiger partial charge in [-0.1, -0.05) is 0 Å². The molecule has 1 aliphatic heterocycles. The van der Waals surface area contributed by atoms with Crippen molar-refractivity contribution in [3.63, 3.8) is 0 Å². The van der Waals surface area contributed by atoms with Crippen LogP contribution in [0.2, 0.25) is 0 Å². The molecule has 19 heavy (non-hydrogen) atoms. The third-order valence-corrected chi connectivity index (χ3v) is 6.04. The molecule has 2 heterocycles. The highest BCUT2D eigenvalue weighted by atomic mass is 32.2. The van der Waals surface area contributed by atoms with Crippen LogP contribution in [0, 0.1) is 5.92 Å². The zero-order valence-electron chi connectivity index (χ0n) is 11.1. The molecule has 5 nitrogen and oxygen atoms in total. The number of hydrogen-bond donors (Lipinski definition) is 2. The van der Waals surface area contributed by atoms with Gasteiger partial charge in [0, 0.05) is 24.5 Å². The number of nitrogens with one attached hydrogen (secondary N) is 1. The summed E-state index contributed by atoms with van der Waals surface area (Å²) in [5.41, 5.74) is 5.56. The maximum absolute atomic E-state index is 12.2. The maximum Gasteiger partial charge on any atom is 0.241 e. The van der Waals surface area contributed by atoms with Gasteiger partial charge in [0.2, 0.25) is 10.0 Å². The molecule has 7 heteroatoms. The highest BCUT2D eigenvalue weighted by Crippen LogP contribution is 2.22. The van der Waals surface area contributed by atoms with Gasteiger partial charge in [-0.2, -0.15) is 0 Å². The summed E-state index contributed by atoms with van der Waals surface area (Å²) in [7, 11) is -1.34. The number of piperidine rings is 1. The lowest BCUT2D eigenvalue weighted by Gasteiger charge is -2.29. The molecule has 3 N–H and O–H groups in total. The van der Waals surface area contributed by atoms with E-state index < -0.39 is 10.0 Å². The molecule has 0 radical (unpaired) electrons. The van der Waals surface area contributed by atoms with Crippen LogP contribution in [0.3, 0.4) is 0 Å². The van der Waals surface area contributed by atoms with Crippen molar-refractivity contribution < 1.29 is 8.42 Å². The summed E-state index contributed by atoms with van der Waals surface area (Å²) in [6.07, 6.45) is 2.22. The van der Waals surface area contributed by atoms with Crippen LogP contribution in [0.15, 0.2) is 16.3 Å². The average Bonchev–Trinajstić information content (AvgIpc) is 2.86. The standard InChI is InChI=1S/C12H21N3O2S2/c1-15-5-2-3-10(9-15)8-14-19(16,17)12-4-6-18-11(12)7-13/h4,6,10,14H,2-3,5,7-9,13H2,1H3. The molecule has 108 valence electrons. The Labute approximate surface area is 118 Å². The van der Waals surface area contributed by atoms with Crippen molar-refractivity contribution in [2.45, 2.75) is 24.3 Å². The monoisotopic (exact) mass is 303 g/mol. The lowest BCUT2D eigenvalue weighted by atomic mass is 9.99. The molecule has 0 saturated carbocycles. The van der Waals surface area contributed by atoms with E-state index in [9.17, 15) is 8.42 Å². The van der Waals surface area contributed by atoms with Gasteiger partial charge < -0.3 is 10.6 Å². The van der Waals surface area contributed by atoms with Crippen molar-refractivity contribution >= 4 is 21.4 Å². The van der Waals surface area contributed by atoms with Crippen LogP contribution >= 0.6 is 11.3 Å². The molecular formula is C12H21N3O2S2. The summed E-state index contributed by atoms with van der Waals surface area (Å²) in [6.45, 7) is 2.83. The minimum Gasteiger partial charge on any atom is -0.326 e. The van der Waals surface area contributed by atoms with E-state index in [-0.39, 0.29) is 6.54 Å². The first kappa shape index (κ1) is 14.9. The normalized spacial score (nSPS) is 21.7. The quantitative estimate of drug-likeness (QED) is 0.845. The Morgan fingerprint density at radius 3 is 3.05 bits per heavy atom. The lowest BCUT2D eigenvalue weighted by Crippen LogP contribution is -2.39. The van der Waals surface area contributed by atoms with Crippen molar-refractivity contribution in [1.29, 1.82) is 0 Å². The summed E-state index contributed by atoms with van der Waals surface area (Å²) in [5, 5.41) is 1.77. The van der Waals surface area contributed by atoms with Gasteiger partial charge in [0.05, 0.1) is 4.90 Å². The molecule has 0 aliphatic carbocycles. The molecule has 0 bridgehead atoms. The highest BCUT2D eigenvalue weighted by Gasteiger charge is 2.22. The number of likely N-dealkylation sites (tertiary alicyclic amines) is 1. The smallest absolute Gasteiger partial charge is 0.241 e. The van der Waals surface area contributed by atoms with E-state index in [1.807, 2.05) is 0 Å². The fourth-order valence-electron chi connectivity index (χ4n) is 2.46. The van der Waals surface area contributed by atoms with Gasteiger partial charge in [-0.3, -0.25) is 0 Å². The van der Waals surface area contributed by atoms with Gasteiger partial charge in [-0.15, -0.1) is 11.3 Å². The molecule has 1 aliphatic rings. The van der Waals surface area contributed by atoms with E-state index in [0.29, 0.717) is 22.2 Å². The Morgan fingerprint density at radius 1 is 1.58 bits per heavy atom. The number of nitrogens with zero attached hydrogens (tertiary/aromatic N) is 1. The Kier molecular flexibility index (Phi) is 4.97. The van der Waals surface area contributed by atoms with Crippen LogP contribution in [-0.4, -0.2) is 40.0 Å². The van der Waals surface area contributed by atoms with Crippen LogP contribution < -0.4 is 10.5 Å². The zero-order chi connectivity index (χ0) is 13.9. The van der Waals surface area contributed by atoms with E-state index in [2.05, 4.69) is 16.7 Å². The van der Waals surface area contributed by atoms with Crippen LogP contribution in [0.25, 0.3) is 0 Å². The number of rotatable bonds is 5. The van der Waals surface area contributed by atoms with Gasteiger partial charge in [-0.05, 0) is 43.8 Å². The van der Waals surface area contributed by atoms with Gasteiger partial charge in [0.15, 0.2) is 0 Å². The predicted molar refractivity (Wildman–Crippen MR) is 77.6 cm³/mol. The molecule has 1 aromatic rings. The Balaban J connectivity index is 1.98. The van der Waals surface area contributed by atoms with Crippen LogP contribution in [0.4, 0.5) is 0 Å². The SMILES string of the molecule is CN1CCCC(CNS(=O)(=O)c2ccsc2CN)C1. The molecule has 1 unspecified atom stereocenters. The molecule has 1 fully saturated rings. The summed E-state index contributed by atoms with van der Waals surface area (Å²) in [6, 6.07) is 1.63. The topological polar surface area (TPSA) is 75.4 Å². The molecule has 1 saturated heterocycles. The molecule has 2 rings (SSSR count). The first-order valence-corrected chi connectivity index (χ1v) is 8.84. The van der Waals surface area contributed by atoms with Crippen LogP contribution in [0.5, 0.6) is 0 Å². The largest absolute Gasteiger partial charge is 0.326 e. The van der Waals surface area contributed by atoms with E-state index in [1.165, 1.54) is 11.3 Å². The third-order valence-electron chi connectivity index (χ3n) is 3.46. The zero-order valence-corrected chi connectivity index (χ0v) is 12.8. The minimum absolute atomic E-state index is 0.264. The fourth-order valence-corrected chi connectivity index (χ4v) is 4.91. The van der Waals surface area contributed by atoms with Crippen molar-refractivity contribution in [3.8, 4) is 0 Å². The molecular weight excluding hydrogens is 282 g/mol.